The van der Waals surface area contributed by atoms with Crippen molar-refractivity contribution in [1.82, 2.24) is 0 Å². The van der Waals surface area contributed by atoms with Gasteiger partial charge in [-0.1, -0.05) is 91.0 Å². The molecule has 5 aromatic rings. The summed E-state index contributed by atoms with van der Waals surface area (Å²) in [6, 6.07) is 39.9. The lowest BCUT2D eigenvalue weighted by atomic mass is 9.59. The molecule has 0 aromatic heterocycles. The van der Waals surface area contributed by atoms with Crippen LogP contribution in [0.2, 0.25) is 0 Å². The van der Waals surface area contributed by atoms with Crippen LogP contribution >= 0.6 is 0 Å². The minimum absolute atomic E-state index is 0.193. The molecule has 51 heavy (non-hydrogen) atoms. The number of carbonyl (C=O) groups is 4. The lowest BCUT2D eigenvalue weighted by Gasteiger charge is -2.39. The van der Waals surface area contributed by atoms with Gasteiger partial charge in [0.15, 0.2) is 5.78 Å². The second kappa shape index (κ2) is 11.9. The molecule has 4 atom stereocenters. The molecule has 2 amide bonds. The van der Waals surface area contributed by atoms with Gasteiger partial charge in [0.1, 0.15) is 11.5 Å². The number of allylic oxidation sites excluding steroid dienone is 2. The third-order valence-electron chi connectivity index (χ3n) is 10.7. The maximum absolute atomic E-state index is 16.1. The SMILES string of the molecule is COC(=O)c1cccc(N2C(=O)[C@@H]3[C@H](C2=O)[C@]2(c4ccccc4)C(=O)[C@@]3(c3ccccc3)C(c3ccc(OC)cc3)=C2c2ccc(OC)cc2)c1. The number of ether oxygens (including phenoxy) is 3. The van der Waals surface area contributed by atoms with E-state index >= 15 is 14.4 Å². The minimum Gasteiger partial charge on any atom is -0.497 e. The Morgan fingerprint density at radius 2 is 1.02 bits per heavy atom. The standard InChI is InChI=1S/C43H33NO7/c1-49-32-21-17-26(18-22-32)34-35(27-19-23-33(50-2)24-20-27)43(30-14-8-5-9-15-30)37-36(42(34,41(43)48)29-12-6-4-7-13-29)38(45)44(39(37)46)31-16-10-11-28(25-31)40(47)51-3/h4-25,36-37H,1-3H3/t36-,37+,42-,43+. The number of nitrogens with zero attached hydrogens (tertiary/aromatic N) is 1. The fourth-order valence-corrected chi connectivity index (χ4v) is 8.78. The van der Waals surface area contributed by atoms with Crippen LogP contribution < -0.4 is 14.4 Å². The number of carbonyl (C=O) groups excluding carboxylic acids is 4. The number of ketones is 1. The topological polar surface area (TPSA) is 99.2 Å². The molecule has 3 aliphatic rings. The summed E-state index contributed by atoms with van der Waals surface area (Å²) >= 11 is 0. The van der Waals surface area contributed by atoms with E-state index in [1.165, 1.54) is 13.2 Å². The van der Waals surface area contributed by atoms with Gasteiger partial charge in [0.05, 0.1) is 55.2 Å². The predicted molar refractivity (Wildman–Crippen MR) is 191 cm³/mol. The monoisotopic (exact) mass is 675 g/mol. The van der Waals surface area contributed by atoms with E-state index in [2.05, 4.69) is 0 Å². The molecule has 252 valence electrons. The summed E-state index contributed by atoms with van der Waals surface area (Å²) in [5, 5.41) is 0. The molecule has 0 N–H and O–H groups in total. The molecule has 8 nitrogen and oxygen atoms in total. The molecule has 1 heterocycles. The van der Waals surface area contributed by atoms with Gasteiger partial charge in [-0.3, -0.25) is 14.4 Å². The molecule has 2 fully saturated rings. The van der Waals surface area contributed by atoms with E-state index < -0.39 is 40.4 Å². The number of hydrogen-bond donors (Lipinski definition) is 0. The second-order valence-corrected chi connectivity index (χ2v) is 12.9. The van der Waals surface area contributed by atoms with E-state index in [0.29, 0.717) is 33.8 Å². The van der Waals surface area contributed by atoms with Gasteiger partial charge in [0.2, 0.25) is 11.8 Å². The highest BCUT2D eigenvalue weighted by Gasteiger charge is 2.82. The van der Waals surface area contributed by atoms with Crippen molar-refractivity contribution in [2.45, 2.75) is 10.8 Å². The van der Waals surface area contributed by atoms with Gasteiger partial charge in [0, 0.05) is 0 Å². The lowest BCUT2D eigenvalue weighted by Crippen LogP contribution is -2.45. The summed E-state index contributed by atoms with van der Waals surface area (Å²) in [5.41, 5.74) is 1.26. The zero-order valence-electron chi connectivity index (χ0n) is 28.2. The number of Topliss-reactive ketones (excluding diaryl/α,β-unsaturated/α-hetero) is 1. The Morgan fingerprint density at radius 1 is 0.569 bits per heavy atom. The third-order valence-corrected chi connectivity index (χ3v) is 10.7. The summed E-state index contributed by atoms with van der Waals surface area (Å²) in [5.74, 6) is -2.81. The van der Waals surface area contributed by atoms with Crippen molar-refractivity contribution in [1.29, 1.82) is 0 Å². The number of hydrogen-bond acceptors (Lipinski definition) is 7. The van der Waals surface area contributed by atoms with E-state index in [9.17, 15) is 4.79 Å². The smallest absolute Gasteiger partial charge is 0.337 e. The second-order valence-electron chi connectivity index (χ2n) is 12.9. The Kier molecular flexibility index (Phi) is 7.49. The van der Waals surface area contributed by atoms with Crippen molar-refractivity contribution in [3.63, 3.8) is 0 Å². The van der Waals surface area contributed by atoms with Gasteiger partial charge in [-0.05, 0) is 75.9 Å². The van der Waals surface area contributed by atoms with Crippen LogP contribution in [0, 0.1) is 11.8 Å². The number of esters is 1. The molecular weight excluding hydrogens is 642 g/mol. The van der Waals surface area contributed by atoms with Crippen LogP contribution in [0.5, 0.6) is 11.5 Å². The predicted octanol–water partition coefficient (Wildman–Crippen LogP) is 6.68. The Bertz CT molecular complexity index is 2120. The van der Waals surface area contributed by atoms with Crippen LogP contribution in [-0.4, -0.2) is 44.9 Å². The summed E-state index contributed by atoms with van der Waals surface area (Å²) in [7, 11) is 4.45. The van der Waals surface area contributed by atoms with Gasteiger partial charge in [0.25, 0.3) is 0 Å². The van der Waals surface area contributed by atoms with Crippen molar-refractivity contribution < 1.29 is 33.4 Å². The zero-order chi connectivity index (χ0) is 35.5. The fourth-order valence-electron chi connectivity index (χ4n) is 8.78. The first-order valence-electron chi connectivity index (χ1n) is 16.6. The molecule has 0 spiro atoms. The van der Waals surface area contributed by atoms with Gasteiger partial charge in [-0.15, -0.1) is 0 Å². The number of fused-ring (bicyclic) bond motifs is 5. The van der Waals surface area contributed by atoms with Crippen LogP contribution in [0.25, 0.3) is 11.1 Å². The van der Waals surface area contributed by atoms with Gasteiger partial charge in [-0.2, -0.15) is 0 Å². The maximum atomic E-state index is 16.1. The summed E-state index contributed by atoms with van der Waals surface area (Å²) in [6.45, 7) is 0. The molecule has 8 heteroatoms. The number of rotatable bonds is 8. The third kappa shape index (κ3) is 4.26. The van der Waals surface area contributed by atoms with Crippen LogP contribution in [0.4, 0.5) is 5.69 Å². The van der Waals surface area contributed by atoms with E-state index in [4.69, 9.17) is 14.2 Å². The number of anilines is 1. The molecule has 0 radical (unpaired) electrons. The van der Waals surface area contributed by atoms with Crippen LogP contribution in [0.3, 0.4) is 0 Å². The number of amides is 2. The molecule has 5 aromatic carbocycles. The van der Waals surface area contributed by atoms with Crippen LogP contribution in [0.1, 0.15) is 32.6 Å². The number of methoxy groups -OCH3 is 3. The molecule has 1 saturated carbocycles. The molecule has 0 unspecified atom stereocenters. The molecule has 2 aliphatic carbocycles. The zero-order valence-corrected chi connectivity index (χ0v) is 28.2. The average molecular weight is 676 g/mol. The quantitative estimate of drug-likeness (QED) is 0.134. The van der Waals surface area contributed by atoms with E-state index in [-0.39, 0.29) is 17.0 Å². The van der Waals surface area contributed by atoms with Gasteiger partial charge in [-0.25, -0.2) is 9.69 Å². The summed E-state index contributed by atoms with van der Waals surface area (Å²) in [4.78, 5) is 60.3. The van der Waals surface area contributed by atoms with Crippen LogP contribution in [-0.2, 0) is 30.0 Å². The Morgan fingerprint density at radius 3 is 1.43 bits per heavy atom. The van der Waals surface area contributed by atoms with Crippen molar-refractivity contribution in [2.24, 2.45) is 11.8 Å². The Balaban J connectivity index is 1.51. The van der Waals surface area contributed by atoms with Crippen LogP contribution in [0.15, 0.2) is 133 Å². The molecular formula is C43H33NO7. The lowest BCUT2D eigenvalue weighted by molar-refractivity contribution is -0.130. The van der Waals surface area contributed by atoms with Crippen molar-refractivity contribution >= 4 is 40.4 Å². The maximum Gasteiger partial charge on any atom is 0.337 e. The van der Waals surface area contributed by atoms with E-state index in [1.807, 2.05) is 109 Å². The Hall–Kier alpha value is -6.28. The first-order chi connectivity index (χ1) is 24.8. The summed E-state index contributed by atoms with van der Waals surface area (Å²) < 4.78 is 16.0. The highest BCUT2D eigenvalue weighted by Crippen LogP contribution is 2.74. The van der Waals surface area contributed by atoms with Gasteiger partial charge < -0.3 is 14.2 Å². The highest BCUT2D eigenvalue weighted by molar-refractivity contribution is 6.39. The van der Waals surface area contributed by atoms with Crippen molar-refractivity contribution in [3.8, 4) is 11.5 Å². The first-order valence-corrected chi connectivity index (χ1v) is 16.6. The summed E-state index contributed by atoms with van der Waals surface area (Å²) in [6.07, 6.45) is 0. The number of benzene rings is 5. The fraction of sp³-hybridized carbons (Fsp3) is 0.163. The molecule has 2 bridgehead atoms. The van der Waals surface area contributed by atoms with Gasteiger partial charge >= 0.3 is 5.97 Å². The highest BCUT2D eigenvalue weighted by atomic mass is 16.5. The van der Waals surface area contributed by atoms with Crippen molar-refractivity contribution in [2.75, 3.05) is 26.2 Å². The van der Waals surface area contributed by atoms with Crippen molar-refractivity contribution in [3.05, 3.63) is 161 Å². The Labute approximate surface area is 294 Å². The largest absolute Gasteiger partial charge is 0.497 e. The average Bonchev–Trinajstić information content (AvgIpc) is 3.70. The minimum atomic E-state index is -1.58. The normalized spacial score (nSPS) is 23.4. The number of imide groups is 1. The molecule has 1 saturated heterocycles. The molecule has 1 aliphatic heterocycles. The first kappa shape index (κ1) is 32.0. The molecule has 8 rings (SSSR count). The van der Waals surface area contributed by atoms with E-state index in [0.717, 1.165) is 16.0 Å². The van der Waals surface area contributed by atoms with E-state index in [1.54, 1.807) is 32.4 Å².